The fourth-order valence-electron chi connectivity index (χ4n) is 2.85. The molecule has 0 radical (unpaired) electrons. The molecule has 0 unspecified atom stereocenters. The fourth-order valence-corrected chi connectivity index (χ4v) is 3.15. The lowest BCUT2D eigenvalue weighted by Gasteiger charge is -2.15. The third-order valence-electron chi connectivity index (χ3n) is 4.15. The van der Waals surface area contributed by atoms with Crippen molar-refractivity contribution in [1.82, 2.24) is 14.0 Å². The van der Waals surface area contributed by atoms with Crippen LogP contribution in [-0.2, 0) is 25.3 Å². The van der Waals surface area contributed by atoms with Crippen molar-refractivity contribution < 1.29 is 4.79 Å². The molecule has 1 fully saturated rings. The molecule has 7 nitrogen and oxygen atoms in total. The van der Waals surface area contributed by atoms with E-state index < -0.39 is 0 Å². The van der Waals surface area contributed by atoms with Crippen LogP contribution in [-0.4, -0.2) is 37.2 Å². The summed E-state index contributed by atoms with van der Waals surface area (Å²) in [4.78, 5) is 42.4. The van der Waals surface area contributed by atoms with Crippen molar-refractivity contribution in [2.24, 2.45) is 19.1 Å². The second-order valence-corrected chi connectivity index (χ2v) is 6.02. The van der Waals surface area contributed by atoms with Crippen LogP contribution in [0.15, 0.2) is 14.6 Å². The molecule has 0 atom stereocenters. The van der Waals surface area contributed by atoms with E-state index in [1.807, 2.05) is 0 Å². The van der Waals surface area contributed by atoms with Crippen LogP contribution in [0.5, 0.6) is 0 Å². The topological polar surface area (TPSA) is 76.7 Å². The van der Waals surface area contributed by atoms with Crippen molar-refractivity contribution in [1.29, 1.82) is 0 Å². The lowest BCUT2D eigenvalue weighted by Crippen LogP contribution is -2.38. The Hall–Kier alpha value is -2.09. The summed E-state index contributed by atoms with van der Waals surface area (Å²) in [6, 6.07) is 0. The van der Waals surface area contributed by atoms with Crippen molar-refractivity contribution in [3.8, 4) is 0 Å². The van der Waals surface area contributed by atoms with Crippen LogP contribution >= 0.6 is 12.2 Å². The van der Waals surface area contributed by atoms with Crippen LogP contribution in [0.25, 0.3) is 0 Å². The Bertz CT molecular complexity index is 818. The monoisotopic (exact) mass is 320 g/mol. The number of aliphatic imine (C=N–C) groups is 1. The number of hydrogen-bond acceptors (Lipinski definition) is 5. The molecule has 8 heteroatoms. The SMILES string of the molecule is Cn1c2c(c(=O)n(C)c1=O)CC(CCN1C(=O)CCC1=S)=N2. The number of amides is 1. The molecule has 2 aliphatic rings. The minimum Gasteiger partial charge on any atom is -0.306 e. The standard InChI is InChI=1S/C14H16N4O3S/c1-16-12-9(13(20)17(2)14(16)21)7-8(15-12)5-6-18-10(19)3-4-11(18)22/h3-7H2,1-2H3. The van der Waals surface area contributed by atoms with Crippen LogP contribution in [0.3, 0.4) is 0 Å². The molecule has 3 rings (SSSR count). The first-order valence-electron chi connectivity index (χ1n) is 7.08. The summed E-state index contributed by atoms with van der Waals surface area (Å²) in [7, 11) is 3.07. The smallest absolute Gasteiger partial charge is 0.306 e. The van der Waals surface area contributed by atoms with E-state index in [1.165, 1.54) is 11.6 Å². The van der Waals surface area contributed by atoms with Crippen LogP contribution < -0.4 is 11.2 Å². The van der Waals surface area contributed by atoms with E-state index in [9.17, 15) is 14.4 Å². The van der Waals surface area contributed by atoms with Gasteiger partial charge in [0.05, 0.1) is 10.6 Å². The van der Waals surface area contributed by atoms with Gasteiger partial charge in [0.25, 0.3) is 5.56 Å². The zero-order valence-electron chi connectivity index (χ0n) is 12.5. The molecule has 0 aliphatic carbocycles. The summed E-state index contributed by atoms with van der Waals surface area (Å²) >= 11 is 5.17. The third kappa shape index (κ3) is 2.23. The number of nitrogens with zero attached hydrogens (tertiary/aromatic N) is 4. The van der Waals surface area contributed by atoms with Crippen molar-refractivity contribution in [3.63, 3.8) is 0 Å². The van der Waals surface area contributed by atoms with Crippen LogP contribution in [0.2, 0.25) is 0 Å². The number of carbonyl (C=O) groups is 1. The number of likely N-dealkylation sites (tertiary alicyclic amines) is 1. The molecule has 0 bridgehead atoms. The normalized spacial score (nSPS) is 17.2. The summed E-state index contributed by atoms with van der Waals surface area (Å²) in [5, 5.41) is 0. The van der Waals surface area contributed by atoms with Crippen molar-refractivity contribution in [3.05, 3.63) is 26.4 Å². The van der Waals surface area contributed by atoms with Gasteiger partial charge in [-0.15, -0.1) is 0 Å². The van der Waals surface area contributed by atoms with Crippen molar-refractivity contribution in [2.45, 2.75) is 25.7 Å². The molecule has 1 aromatic heterocycles. The largest absolute Gasteiger partial charge is 0.332 e. The molecule has 1 aromatic rings. The second kappa shape index (κ2) is 5.28. The van der Waals surface area contributed by atoms with Crippen LogP contribution in [0.4, 0.5) is 5.82 Å². The van der Waals surface area contributed by atoms with Gasteiger partial charge >= 0.3 is 5.69 Å². The molecule has 0 aromatic carbocycles. The van der Waals surface area contributed by atoms with E-state index in [-0.39, 0.29) is 17.2 Å². The first kappa shape index (κ1) is 14.8. The Morgan fingerprint density at radius 2 is 1.86 bits per heavy atom. The summed E-state index contributed by atoms with van der Waals surface area (Å²) in [6.07, 6.45) is 2.08. The molecule has 0 N–H and O–H groups in total. The Balaban J connectivity index is 1.82. The predicted molar refractivity (Wildman–Crippen MR) is 85.9 cm³/mol. The molecular weight excluding hydrogens is 304 g/mol. The number of aromatic nitrogens is 2. The maximum absolute atomic E-state index is 12.1. The van der Waals surface area contributed by atoms with Crippen molar-refractivity contribution >= 4 is 34.6 Å². The Morgan fingerprint density at radius 3 is 2.50 bits per heavy atom. The highest BCUT2D eigenvalue weighted by Gasteiger charge is 2.27. The quantitative estimate of drug-likeness (QED) is 0.738. The Labute approximate surface area is 131 Å². The Morgan fingerprint density at radius 1 is 1.14 bits per heavy atom. The minimum absolute atomic E-state index is 0.0458. The first-order chi connectivity index (χ1) is 10.4. The first-order valence-corrected chi connectivity index (χ1v) is 7.49. The predicted octanol–water partition coefficient (Wildman–Crippen LogP) is 0.0525. The molecule has 116 valence electrons. The van der Waals surface area contributed by atoms with E-state index in [2.05, 4.69) is 4.99 Å². The summed E-state index contributed by atoms with van der Waals surface area (Å²) in [5.74, 6) is 0.475. The number of hydrogen-bond donors (Lipinski definition) is 0. The number of fused-ring (bicyclic) bond motifs is 1. The average molecular weight is 320 g/mol. The van der Waals surface area contributed by atoms with Gasteiger partial charge in [0.1, 0.15) is 5.82 Å². The highest BCUT2D eigenvalue weighted by Crippen LogP contribution is 2.23. The number of rotatable bonds is 3. The van der Waals surface area contributed by atoms with Gasteiger partial charge in [-0.1, -0.05) is 12.2 Å². The molecule has 1 saturated heterocycles. The van der Waals surface area contributed by atoms with E-state index in [1.54, 1.807) is 11.9 Å². The van der Waals surface area contributed by atoms with E-state index in [4.69, 9.17) is 12.2 Å². The highest BCUT2D eigenvalue weighted by molar-refractivity contribution is 7.80. The van der Waals surface area contributed by atoms with Gasteiger partial charge in [-0.2, -0.15) is 0 Å². The number of thiocarbonyl (C=S) groups is 1. The van der Waals surface area contributed by atoms with Gasteiger partial charge in [-0.3, -0.25) is 18.7 Å². The minimum atomic E-state index is -0.385. The molecule has 0 spiro atoms. The van der Waals surface area contributed by atoms with Crippen molar-refractivity contribution in [2.75, 3.05) is 6.54 Å². The average Bonchev–Trinajstić information content (AvgIpc) is 3.05. The maximum atomic E-state index is 12.1. The van der Waals surface area contributed by atoms with E-state index in [0.29, 0.717) is 48.6 Å². The summed E-state index contributed by atoms with van der Waals surface area (Å²) in [6.45, 7) is 0.485. The fraction of sp³-hybridized carbons (Fsp3) is 0.500. The summed E-state index contributed by atoms with van der Waals surface area (Å²) < 4.78 is 2.48. The Kier molecular flexibility index (Phi) is 3.56. The van der Waals surface area contributed by atoms with Gasteiger partial charge in [0.15, 0.2) is 0 Å². The van der Waals surface area contributed by atoms with Crippen LogP contribution in [0.1, 0.15) is 24.8 Å². The highest BCUT2D eigenvalue weighted by atomic mass is 32.1. The maximum Gasteiger partial charge on any atom is 0.332 e. The molecule has 0 saturated carbocycles. The second-order valence-electron chi connectivity index (χ2n) is 5.55. The van der Waals surface area contributed by atoms with Gasteiger partial charge in [0.2, 0.25) is 5.91 Å². The van der Waals surface area contributed by atoms with Gasteiger partial charge < -0.3 is 4.90 Å². The molecule has 22 heavy (non-hydrogen) atoms. The molecule has 1 amide bonds. The zero-order chi connectivity index (χ0) is 16.0. The molecule has 2 aliphatic heterocycles. The summed E-state index contributed by atoms with van der Waals surface area (Å²) in [5.41, 5.74) is 0.653. The van der Waals surface area contributed by atoms with Gasteiger partial charge in [-0.25, -0.2) is 9.79 Å². The molecule has 3 heterocycles. The van der Waals surface area contributed by atoms with Gasteiger partial charge in [0, 0.05) is 52.0 Å². The lowest BCUT2D eigenvalue weighted by atomic mass is 10.1. The molecular formula is C14H16N4O3S. The van der Waals surface area contributed by atoms with E-state index >= 15 is 0 Å². The number of carbonyl (C=O) groups excluding carboxylic acids is 1. The van der Waals surface area contributed by atoms with Gasteiger partial charge in [-0.05, 0) is 0 Å². The lowest BCUT2D eigenvalue weighted by molar-refractivity contribution is -0.125. The van der Waals surface area contributed by atoms with Crippen LogP contribution in [0, 0.1) is 0 Å². The third-order valence-corrected chi connectivity index (χ3v) is 4.57. The van der Waals surface area contributed by atoms with E-state index in [0.717, 1.165) is 10.3 Å². The zero-order valence-corrected chi connectivity index (χ0v) is 13.3.